The lowest BCUT2D eigenvalue weighted by atomic mass is 10.1. The van der Waals surface area contributed by atoms with Crippen LogP contribution >= 0.6 is 0 Å². The van der Waals surface area contributed by atoms with E-state index < -0.39 is 0 Å². The molecular formula is C17H24N2O. The minimum atomic E-state index is 0.357. The zero-order valence-corrected chi connectivity index (χ0v) is 12.7. The van der Waals surface area contributed by atoms with E-state index in [4.69, 9.17) is 0 Å². The molecule has 2 rings (SSSR count). The number of aryl methyl sites for hydroxylation is 2. The standard InChI is InChI=1S/C17H24N2O/c1-4-6-7-15-17(20)16(18-19(15)12-5-2)14-10-8-13(3)9-11-14/h8-11,20H,4-7,12H2,1-3H3. The minimum Gasteiger partial charge on any atom is -0.504 e. The van der Waals surface area contributed by atoms with Crippen LogP contribution in [0.3, 0.4) is 0 Å². The molecule has 108 valence electrons. The third kappa shape index (κ3) is 3.03. The number of hydrogen-bond acceptors (Lipinski definition) is 2. The Morgan fingerprint density at radius 1 is 1.10 bits per heavy atom. The van der Waals surface area contributed by atoms with Crippen molar-refractivity contribution in [1.29, 1.82) is 0 Å². The molecule has 0 amide bonds. The monoisotopic (exact) mass is 272 g/mol. The van der Waals surface area contributed by atoms with E-state index in [1.807, 2.05) is 16.8 Å². The summed E-state index contributed by atoms with van der Waals surface area (Å²) in [5, 5.41) is 15.1. The van der Waals surface area contributed by atoms with Gasteiger partial charge in [0.05, 0.1) is 5.69 Å². The fourth-order valence-electron chi connectivity index (χ4n) is 2.38. The maximum Gasteiger partial charge on any atom is 0.164 e. The molecule has 0 aliphatic carbocycles. The average Bonchev–Trinajstić information content (AvgIpc) is 2.75. The van der Waals surface area contributed by atoms with E-state index in [0.29, 0.717) is 11.4 Å². The number of aromatic hydroxyl groups is 1. The van der Waals surface area contributed by atoms with Crippen LogP contribution in [0.25, 0.3) is 11.3 Å². The highest BCUT2D eigenvalue weighted by Crippen LogP contribution is 2.32. The largest absolute Gasteiger partial charge is 0.504 e. The van der Waals surface area contributed by atoms with Crippen molar-refractivity contribution in [3.63, 3.8) is 0 Å². The van der Waals surface area contributed by atoms with Crippen molar-refractivity contribution in [2.45, 2.75) is 53.0 Å². The summed E-state index contributed by atoms with van der Waals surface area (Å²) in [5.41, 5.74) is 3.89. The Morgan fingerprint density at radius 2 is 1.80 bits per heavy atom. The van der Waals surface area contributed by atoms with Crippen LogP contribution in [0.4, 0.5) is 0 Å². The van der Waals surface area contributed by atoms with Gasteiger partial charge in [0.15, 0.2) is 5.75 Å². The first-order valence-electron chi connectivity index (χ1n) is 7.53. The van der Waals surface area contributed by atoms with Crippen LogP contribution in [0, 0.1) is 6.92 Å². The minimum absolute atomic E-state index is 0.357. The number of rotatable bonds is 6. The number of aromatic nitrogens is 2. The van der Waals surface area contributed by atoms with E-state index >= 15 is 0 Å². The van der Waals surface area contributed by atoms with Crippen LogP contribution in [-0.4, -0.2) is 14.9 Å². The van der Waals surface area contributed by atoms with Crippen molar-refractivity contribution in [2.24, 2.45) is 0 Å². The zero-order chi connectivity index (χ0) is 14.5. The molecule has 0 unspecified atom stereocenters. The molecule has 3 heteroatoms. The molecule has 20 heavy (non-hydrogen) atoms. The van der Waals surface area contributed by atoms with Crippen LogP contribution in [0.1, 0.15) is 44.4 Å². The smallest absolute Gasteiger partial charge is 0.164 e. The van der Waals surface area contributed by atoms with E-state index in [1.54, 1.807) is 0 Å². The van der Waals surface area contributed by atoms with Gasteiger partial charge in [0.1, 0.15) is 5.69 Å². The quantitative estimate of drug-likeness (QED) is 0.850. The third-order valence-corrected chi connectivity index (χ3v) is 3.56. The van der Waals surface area contributed by atoms with Crippen LogP contribution in [0.2, 0.25) is 0 Å². The first-order valence-corrected chi connectivity index (χ1v) is 7.53. The maximum absolute atomic E-state index is 10.5. The summed E-state index contributed by atoms with van der Waals surface area (Å²) in [5.74, 6) is 0.357. The molecule has 0 saturated heterocycles. The Labute approximate surface area is 121 Å². The Bertz CT molecular complexity index is 555. The molecule has 0 fully saturated rings. The molecule has 0 radical (unpaired) electrons. The molecule has 0 aliphatic rings. The lowest BCUT2D eigenvalue weighted by molar-refractivity contribution is 0.461. The van der Waals surface area contributed by atoms with Crippen LogP contribution < -0.4 is 0 Å². The predicted octanol–water partition coefficient (Wildman–Crippen LogP) is 4.32. The summed E-state index contributed by atoms with van der Waals surface area (Å²) in [7, 11) is 0. The van der Waals surface area contributed by atoms with Crippen molar-refractivity contribution in [3.8, 4) is 17.0 Å². The van der Waals surface area contributed by atoms with Crippen molar-refractivity contribution >= 4 is 0 Å². The fraction of sp³-hybridized carbons (Fsp3) is 0.471. The number of nitrogens with zero attached hydrogens (tertiary/aromatic N) is 2. The lowest BCUT2D eigenvalue weighted by Gasteiger charge is -2.05. The van der Waals surface area contributed by atoms with Gasteiger partial charge in [-0.1, -0.05) is 50.1 Å². The Morgan fingerprint density at radius 3 is 2.40 bits per heavy atom. The van der Waals surface area contributed by atoms with Gasteiger partial charge in [0, 0.05) is 12.1 Å². The normalized spacial score (nSPS) is 10.9. The molecule has 0 aliphatic heterocycles. The molecule has 0 bridgehead atoms. The van der Waals surface area contributed by atoms with Crippen LogP contribution in [0.15, 0.2) is 24.3 Å². The Kier molecular flexibility index (Phi) is 4.83. The van der Waals surface area contributed by atoms with Gasteiger partial charge in [-0.3, -0.25) is 4.68 Å². The Balaban J connectivity index is 2.40. The summed E-state index contributed by atoms with van der Waals surface area (Å²) in [6.07, 6.45) is 4.11. The second-order valence-electron chi connectivity index (χ2n) is 5.34. The lowest BCUT2D eigenvalue weighted by Crippen LogP contribution is -2.04. The highest BCUT2D eigenvalue weighted by molar-refractivity contribution is 5.67. The zero-order valence-electron chi connectivity index (χ0n) is 12.7. The first-order chi connectivity index (χ1) is 9.67. The van der Waals surface area contributed by atoms with Crippen LogP contribution in [-0.2, 0) is 13.0 Å². The molecule has 0 saturated carbocycles. The van der Waals surface area contributed by atoms with Crippen LogP contribution in [0.5, 0.6) is 5.75 Å². The SMILES string of the molecule is CCCCc1c(O)c(-c2ccc(C)cc2)nn1CCC. The second kappa shape index (κ2) is 6.60. The molecule has 2 aromatic rings. The van der Waals surface area contributed by atoms with Gasteiger partial charge in [-0.05, 0) is 26.2 Å². The summed E-state index contributed by atoms with van der Waals surface area (Å²) in [6, 6.07) is 8.16. The summed E-state index contributed by atoms with van der Waals surface area (Å²) >= 11 is 0. The van der Waals surface area contributed by atoms with Crippen molar-refractivity contribution in [3.05, 3.63) is 35.5 Å². The second-order valence-corrected chi connectivity index (χ2v) is 5.34. The van der Waals surface area contributed by atoms with Crippen molar-refractivity contribution in [2.75, 3.05) is 0 Å². The molecule has 0 spiro atoms. The van der Waals surface area contributed by atoms with Gasteiger partial charge >= 0.3 is 0 Å². The van der Waals surface area contributed by atoms with E-state index in [0.717, 1.165) is 43.5 Å². The van der Waals surface area contributed by atoms with Crippen molar-refractivity contribution < 1.29 is 5.11 Å². The molecule has 3 nitrogen and oxygen atoms in total. The van der Waals surface area contributed by atoms with E-state index in [2.05, 4.69) is 38.0 Å². The fourth-order valence-corrected chi connectivity index (χ4v) is 2.38. The van der Waals surface area contributed by atoms with Gasteiger partial charge in [0.25, 0.3) is 0 Å². The van der Waals surface area contributed by atoms with Gasteiger partial charge < -0.3 is 5.11 Å². The molecule has 1 N–H and O–H groups in total. The summed E-state index contributed by atoms with van der Waals surface area (Å²) in [6.45, 7) is 7.22. The topological polar surface area (TPSA) is 38.1 Å². The van der Waals surface area contributed by atoms with Gasteiger partial charge in [-0.15, -0.1) is 0 Å². The summed E-state index contributed by atoms with van der Waals surface area (Å²) < 4.78 is 1.97. The van der Waals surface area contributed by atoms with E-state index in [1.165, 1.54) is 5.56 Å². The van der Waals surface area contributed by atoms with Gasteiger partial charge in [-0.2, -0.15) is 5.10 Å². The molecule has 1 aromatic heterocycles. The maximum atomic E-state index is 10.5. The van der Waals surface area contributed by atoms with Crippen molar-refractivity contribution in [1.82, 2.24) is 9.78 Å². The molecular weight excluding hydrogens is 248 g/mol. The third-order valence-electron chi connectivity index (χ3n) is 3.56. The molecule has 1 aromatic carbocycles. The summed E-state index contributed by atoms with van der Waals surface area (Å²) in [4.78, 5) is 0. The van der Waals surface area contributed by atoms with E-state index in [-0.39, 0.29) is 0 Å². The van der Waals surface area contributed by atoms with Gasteiger partial charge in [0.2, 0.25) is 0 Å². The van der Waals surface area contributed by atoms with E-state index in [9.17, 15) is 5.11 Å². The van der Waals surface area contributed by atoms with Gasteiger partial charge in [-0.25, -0.2) is 0 Å². The first kappa shape index (κ1) is 14.6. The highest BCUT2D eigenvalue weighted by atomic mass is 16.3. The predicted molar refractivity (Wildman–Crippen MR) is 83.0 cm³/mol. The molecule has 1 heterocycles. The Hall–Kier alpha value is -1.77. The number of benzene rings is 1. The number of hydrogen-bond donors (Lipinski definition) is 1. The highest BCUT2D eigenvalue weighted by Gasteiger charge is 2.17. The number of unbranched alkanes of at least 4 members (excludes halogenated alkanes) is 1. The average molecular weight is 272 g/mol. The molecule has 0 atom stereocenters.